The fourth-order valence-corrected chi connectivity index (χ4v) is 2.16. The number of carbonyl (C=O) groups excluding carboxylic acids is 1. The highest BCUT2D eigenvalue weighted by Crippen LogP contribution is 2.19. The van der Waals surface area contributed by atoms with Crippen LogP contribution in [-0.4, -0.2) is 37.4 Å². The molecule has 0 aliphatic heterocycles. The lowest BCUT2D eigenvalue weighted by Gasteiger charge is -2.25. The summed E-state index contributed by atoms with van der Waals surface area (Å²) >= 11 is 0. The Balaban J connectivity index is 2.00. The van der Waals surface area contributed by atoms with Crippen LogP contribution in [0, 0.1) is 0 Å². The van der Waals surface area contributed by atoms with E-state index in [-0.39, 0.29) is 6.42 Å². The minimum absolute atomic E-state index is 0.00584. The molecule has 0 spiro atoms. The van der Waals surface area contributed by atoms with Crippen LogP contribution in [0.2, 0.25) is 0 Å². The van der Waals surface area contributed by atoms with Crippen molar-refractivity contribution < 1.29 is 14.7 Å². The quantitative estimate of drug-likeness (QED) is 0.752. The second-order valence-electron chi connectivity index (χ2n) is 6.18. The van der Waals surface area contributed by atoms with Gasteiger partial charge >= 0.3 is 12.0 Å². The van der Waals surface area contributed by atoms with Crippen LogP contribution in [0.25, 0.3) is 11.4 Å². The number of amides is 2. The first kappa shape index (κ1) is 17.5. The van der Waals surface area contributed by atoms with Crippen molar-refractivity contribution in [3.63, 3.8) is 0 Å². The van der Waals surface area contributed by atoms with E-state index < -0.39 is 17.5 Å². The molecule has 1 aromatic heterocycles. The molecule has 0 atom stereocenters. The number of nitrogens with zero attached hydrogens (tertiary/aromatic N) is 3. The van der Waals surface area contributed by atoms with Crippen LogP contribution in [0.3, 0.4) is 0 Å². The maximum atomic E-state index is 12.1. The maximum absolute atomic E-state index is 12.1. The molecule has 8 heteroatoms. The van der Waals surface area contributed by atoms with Crippen LogP contribution in [0.5, 0.6) is 0 Å². The Morgan fingerprint density at radius 1 is 1.33 bits per heavy atom. The minimum Gasteiger partial charge on any atom is -0.481 e. The van der Waals surface area contributed by atoms with Crippen molar-refractivity contribution in [2.45, 2.75) is 32.2 Å². The van der Waals surface area contributed by atoms with Crippen molar-refractivity contribution in [1.82, 2.24) is 20.1 Å². The standard InChI is InChI=1S/C16H21N5O3/c1-16(2,8-7-13(22)23)19-15(24)18-12-6-4-5-11(9-12)14-17-10-21(3)20-14/h4-6,9-10H,7-8H2,1-3H3,(H,22,23)(H2,18,19,24). The number of nitrogens with one attached hydrogen (secondary N) is 2. The van der Waals surface area contributed by atoms with Crippen molar-refractivity contribution in [2.75, 3.05) is 5.32 Å². The van der Waals surface area contributed by atoms with Crippen molar-refractivity contribution in [3.05, 3.63) is 30.6 Å². The van der Waals surface area contributed by atoms with Gasteiger partial charge in [0, 0.05) is 30.3 Å². The average Bonchev–Trinajstić information content (AvgIpc) is 2.91. The van der Waals surface area contributed by atoms with Crippen LogP contribution in [0.15, 0.2) is 30.6 Å². The van der Waals surface area contributed by atoms with Gasteiger partial charge in [-0.25, -0.2) is 9.78 Å². The molecule has 0 fully saturated rings. The van der Waals surface area contributed by atoms with Gasteiger partial charge in [0.1, 0.15) is 6.33 Å². The summed E-state index contributed by atoms with van der Waals surface area (Å²) in [5.74, 6) is -0.316. The summed E-state index contributed by atoms with van der Waals surface area (Å²) in [6.07, 6.45) is 1.94. The number of aromatic nitrogens is 3. The second-order valence-corrected chi connectivity index (χ2v) is 6.18. The third kappa shape index (κ3) is 5.08. The molecule has 1 aromatic carbocycles. The lowest BCUT2D eigenvalue weighted by molar-refractivity contribution is -0.137. The summed E-state index contributed by atoms with van der Waals surface area (Å²) < 4.78 is 1.60. The van der Waals surface area contributed by atoms with E-state index >= 15 is 0 Å². The number of carboxylic acid groups (broad SMARTS) is 1. The molecule has 0 unspecified atom stereocenters. The predicted octanol–water partition coefficient (Wildman–Crippen LogP) is 2.25. The van der Waals surface area contributed by atoms with E-state index in [9.17, 15) is 9.59 Å². The Hall–Kier alpha value is -2.90. The normalized spacial score (nSPS) is 11.1. The third-order valence-electron chi connectivity index (χ3n) is 3.39. The van der Waals surface area contributed by atoms with Gasteiger partial charge in [0.2, 0.25) is 0 Å². The van der Waals surface area contributed by atoms with Crippen LogP contribution in [0.1, 0.15) is 26.7 Å². The first-order chi connectivity index (χ1) is 11.2. The lowest BCUT2D eigenvalue weighted by Crippen LogP contribution is -2.45. The van der Waals surface area contributed by atoms with Crippen LogP contribution in [0.4, 0.5) is 10.5 Å². The number of carboxylic acids is 1. The van der Waals surface area contributed by atoms with E-state index in [1.54, 1.807) is 50.1 Å². The van der Waals surface area contributed by atoms with Crippen LogP contribution >= 0.6 is 0 Å². The minimum atomic E-state index is -0.888. The fraction of sp³-hybridized carbons (Fsp3) is 0.375. The number of hydrogen-bond acceptors (Lipinski definition) is 4. The highest BCUT2D eigenvalue weighted by Gasteiger charge is 2.21. The number of aryl methyl sites for hydroxylation is 1. The molecule has 0 bridgehead atoms. The molecule has 0 saturated heterocycles. The average molecular weight is 331 g/mol. The number of aliphatic carboxylic acids is 1. The highest BCUT2D eigenvalue weighted by molar-refractivity contribution is 5.90. The molecule has 8 nitrogen and oxygen atoms in total. The van der Waals surface area contributed by atoms with Gasteiger partial charge in [-0.1, -0.05) is 12.1 Å². The summed E-state index contributed by atoms with van der Waals surface area (Å²) in [6, 6.07) is 6.80. The molecule has 24 heavy (non-hydrogen) atoms. The molecule has 0 aliphatic carbocycles. The van der Waals surface area contributed by atoms with Crippen molar-refractivity contribution >= 4 is 17.7 Å². The van der Waals surface area contributed by atoms with Crippen molar-refractivity contribution in [1.29, 1.82) is 0 Å². The molecule has 1 heterocycles. The first-order valence-corrected chi connectivity index (χ1v) is 7.52. The Bertz CT molecular complexity index is 739. The molecule has 0 saturated carbocycles. The van der Waals surface area contributed by atoms with Crippen molar-refractivity contribution in [3.8, 4) is 11.4 Å². The molecule has 2 amide bonds. The Morgan fingerprint density at radius 3 is 2.71 bits per heavy atom. The second kappa shape index (κ2) is 7.12. The van der Waals surface area contributed by atoms with Gasteiger partial charge in [0.05, 0.1) is 0 Å². The lowest BCUT2D eigenvalue weighted by atomic mass is 9.99. The Morgan fingerprint density at radius 2 is 2.08 bits per heavy atom. The van der Waals surface area contributed by atoms with Gasteiger partial charge < -0.3 is 15.7 Å². The molecule has 128 valence electrons. The summed E-state index contributed by atoms with van der Waals surface area (Å²) in [7, 11) is 1.78. The first-order valence-electron chi connectivity index (χ1n) is 7.52. The zero-order valence-electron chi connectivity index (χ0n) is 13.9. The van der Waals surface area contributed by atoms with E-state index in [2.05, 4.69) is 20.7 Å². The van der Waals surface area contributed by atoms with Crippen molar-refractivity contribution in [2.24, 2.45) is 7.05 Å². The zero-order valence-corrected chi connectivity index (χ0v) is 13.9. The smallest absolute Gasteiger partial charge is 0.319 e. The van der Waals surface area contributed by atoms with E-state index in [4.69, 9.17) is 5.11 Å². The van der Waals surface area contributed by atoms with Gasteiger partial charge in [0.15, 0.2) is 5.82 Å². The summed E-state index contributed by atoms with van der Waals surface area (Å²) in [4.78, 5) is 26.9. The summed E-state index contributed by atoms with van der Waals surface area (Å²) in [6.45, 7) is 3.56. The topological polar surface area (TPSA) is 109 Å². The van der Waals surface area contributed by atoms with Gasteiger partial charge in [-0.05, 0) is 32.4 Å². The number of rotatable bonds is 6. The van der Waals surface area contributed by atoms with E-state index in [0.29, 0.717) is 17.9 Å². The third-order valence-corrected chi connectivity index (χ3v) is 3.39. The number of carbonyl (C=O) groups is 2. The van der Waals surface area contributed by atoms with Gasteiger partial charge in [-0.2, -0.15) is 5.10 Å². The van der Waals surface area contributed by atoms with Gasteiger partial charge in [0.25, 0.3) is 0 Å². The number of anilines is 1. The molecule has 2 rings (SSSR count). The molecule has 0 aliphatic rings. The molecule has 0 radical (unpaired) electrons. The fourth-order valence-electron chi connectivity index (χ4n) is 2.16. The van der Waals surface area contributed by atoms with E-state index in [1.807, 2.05) is 6.07 Å². The Kier molecular flexibility index (Phi) is 5.18. The molecule has 3 N–H and O–H groups in total. The highest BCUT2D eigenvalue weighted by atomic mass is 16.4. The number of urea groups is 1. The summed E-state index contributed by atoms with van der Waals surface area (Å²) in [5, 5.41) is 18.5. The Labute approximate surface area is 139 Å². The van der Waals surface area contributed by atoms with Gasteiger partial charge in [-0.15, -0.1) is 0 Å². The molecular weight excluding hydrogens is 310 g/mol. The number of benzene rings is 1. The maximum Gasteiger partial charge on any atom is 0.319 e. The largest absolute Gasteiger partial charge is 0.481 e. The SMILES string of the molecule is Cn1cnc(-c2cccc(NC(=O)NC(C)(C)CCC(=O)O)c2)n1. The zero-order chi connectivity index (χ0) is 17.7. The molecular formula is C16H21N5O3. The number of hydrogen-bond donors (Lipinski definition) is 3. The molecule has 2 aromatic rings. The summed E-state index contributed by atoms with van der Waals surface area (Å²) in [5.41, 5.74) is 0.771. The predicted molar refractivity (Wildman–Crippen MR) is 89.5 cm³/mol. The van der Waals surface area contributed by atoms with Crippen LogP contribution in [-0.2, 0) is 11.8 Å². The monoisotopic (exact) mass is 331 g/mol. The van der Waals surface area contributed by atoms with E-state index in [0.717, 1.165) is 5.56 Å². The van der Waals surface area contributed by atoms with Gasteiger partial charge in [-0.3, -0.25) is 9.48 Å². The van der Waals surface area contributed by atoms with Crippen LogP contribution < -0.4 is 10.6 Å². The van der Waals surface area contributed by atoms with E-state index in [1.165, 1.54) is 0 Å².